The Bertz CT molecular complexity index is 1460. The van der Waals surface area contributed by atoms with Crippen LogP contribution in [0, 0.1) is 0 Å². The largest absolute Gasteiger partial charge is 0.697 e. The van der Waals surface area contributed by atoms with Gasteiger partial charge in [-0.15, -0.1) is 27.9 Å². The highest BCUT2D eigenvalue weighted by Gasteiger charge is 2.54. The summed E-state index contributed by atoms with van der Waals surface area (Å²) in [5.74, 6) is -0.228. The maximum Gasteiger partial charge on any atom is 0.697 e. The van der Waals surface area contributed by atoms with Crippen molar-refractivity contribution < 1.29 is 61.3 Å². The number of ether oxygens (including phenoxy) is 2. The van der Waals surface area contributed by atoms with Crippen LogP contribution in [-0.2, 0) is 41.3 Å². The molecule has 0 radical (unpaired) electrons. The van der Waals surface area contributed by atoms with Gasteiger partial charge < -0.3 is 31.2 Å². The van der Waals surface area contributed by atoms with E-state index >= 15 is 0 Å². The van der Waals surface area contributed by atoms with E-state index in [2.05, 4.69) is 14.5 Å². The summed E-state index contributed by atoms with van der Waals surface area (Å²) < 4.78 is 67.8. The second kappa shape index (κ2) is 13.7. The highest BCUT2D eigenvalue weighted by atomic mass is 31.1. The van der Waals surface area contributed by atoms with Gasteiger partial charge in [-0.3, -0.25) is 9.13 Å². The van der Waals surface area contributed by atoms with E-state index in [1.54, 1.807) is 0 Å². The van der Waals surface area contributed by atoms with Crippen molar-refractivity contribution in [3.63, 3.8) is 0 Å². The van der Waals surface area contributed by atoms with Gasteiger partial charge in [0.25, 0.3) is 0 Å². The Morgan fingerprint density at radius 3 is 1.67 bits per heavy atom. The maximum atomic E-state index is 12.7. The Morgan fingerprint density at radius 1 is 0.786 bits per heavy atom. The van der Waals surface area contributed by atoms with Gasteiger partial charge in [0.05, 0.1) is 0 Å². The molecule has 4 unspecified atom stereocenters. The normalized spacial score (nSPS) is 30.3. The van der Waals surface area contributed by atoms with Crippen molar-refractivity contribution in [2.45, 2.75) is 49.1 Å². The molecule has 4 heterocycles. The first-order valence-electron chi connectivity index (χ1n) is 11.6. The smallest absolute Gasteiger partial charge is 0.385 e. The van der Waals surface area contributed by atoms with E-state index < -0.39 is 98.4 Å². The van der Waals surface area contributed by atoms with E-state index in [4.69, 9.17) is 39.4 Å². The van der Waals surface area contributed by atoms with Crippen LogP contribution in [-0.4, -0.2) is 88.9 Å². The first-order chi connectivity index (χ1) is 19.8. The standard InChI is InChI=1S/C18H21N6O15P3/c19-9-1-3-23(17(27)21-9)15-11(25)13(38-41(31)32)8(37-15)6-35-42(33)39-14-7(5-34-40(29)30)36-16(12(14)26)24-4-2-10(20)22-18(24)28/h1-4,7-8,11-16,25-26H,5-6H2,(H3-3,19,20,21,22,27,28,29,30,31,32)/p+3/t7-,8?,11-,12-,13-,14-,15-,16-/m0/s1. The molecule has 0 aromatic carbocycles. The molecule has 0 saturated carbocycles. The zero-order valence-corrected chi connectivity index (χ0v) is 23.6. The van der Waals surface area contributed by atoms with Gasteiger partial charge in [0.15, 0.2) is 24.7 Å². The topological polar surface area (TPSA) is 309 Å². The molecule has 4 rings (SSSR count). The van der Waals surface area contributed by atoms with Crippen LogP contribution in [0.3, 0.4) is 0 Å². The number of aliphatic hydroxyl groups is 2. The summed E-state index contributed by atoms with van der Waals surface area (Å²) in [5.41, 5.74) is 9.10. The van der Waals surface area contributed by atoms with Crippen LogP contribution in [0.2, 0.25) is 0 Å². The van der Waals surface area contributed by atoms with Crippen LogP contribution in [0.4, 0.5) is 11.6 Å². The molecule has 2 aromatic rings. The van der Waals surface area contributed by atoms with Crippen molar-refractivity contribution in [2.75, 3.05) is 24.7 Å². The lowest BCUT2D eigenvalue weighted by molar-refractivity contribution is -0.0546. The molecule has 8 N–H and O–H groups in total. The number of aliphatic hydroxyl groups excluding tert-OH is 2. The number of nitrogens with zero attached hydrogens (tertiary/aromatic N) is 4. The van der Waals surface area contributed by atoms with Gasteiger partial charge in [-0.1, -0.05) is 0 Å². The number of rotatable bonds is 12. The van der Waals surface area contributed by atoms with E-state index in [9.17, 15) is 38.4 Å². The lowest BCUT2D eigenvalue weighted by atomic mass is 10.1. The molecule has 2 aliphatic heterocycles. The molecule has 2 aliphatic rings. The Labute approximate surface area is 236 Å². The monoisotopic (exact) mass is 657 g/mol. The number of hydrogen-bond acceptors (Lipinski definition) is 17. The lowest BCUT2D eigenvalue weighted by Crippen LogP contribution is -2.37. The van der Waals surface area contributed by atoms with E-state index in [-0.39, 0.29) is 11.6 Å². The zero-order chi connectivity index (χ0) is 30.7. The molecule has 0 spiro atoms. The summed E-state index contributed by atoms with van der Waals surface area (Å²) in [6, 6.07) is 2.47. The Balaban J connectivity index is 1.47. The molecular formula is C18H24N6O15P3+3. The molecule has 0 aliphatic carbocycles. The summed E-state index contributed by atoms with van der Waals surface area (Å²) in [7, 11) is -9.56. The third-order valence-electron chi connectivity index (χ3n) is 5.98. The van der Waals surface area contributed by atoms with Gasteiger partial charge >= 0.3 is 36.1 Å². The molecule has 2 saturated heterocycles. The fourth-order valence-corrected chi connectivity index (χ4v) is 5.70. The summed E-state index contributed by atoms with van der Waals surface area (Å²) >= 11 is 0. The first-order valence-corrected chi connectivity index (χ1v) is 15.0. The molecule has 24 heteroatoms. The second-order valence-corrected chi connectivity index (χ2v) is 11.0. The van der Waals surface area contributed by atoms with Crippen LogP contribution < -0.4 is 22.8 Å². The zero-order valence-electron chi connectivity index (χ0n) is 20.9. The average Bonchev–Trinajstić information content (AvgIpc) is 3.37. The first kappa shape index (κ1) is 32.2. The van der Waals surface area contributed by atoms with Crippen molar-refractivity contribution in [1.29, 1.82) is 0 Å². The fourth-order valence-electron chi connectivity index (χ4n) is 4.17. The Hall–Kier alpha value is -2.74. The number of nitrogen functional groups attached to an aromatic ring is 2. The minimum Gasteiger partial charge on any atom is -0.385 e. The Morgan fingerprint density at radius 2 is 1.24 bits per heavy atom. The van der Waals surface area contributed by atoms with Gasteiger partial charge in [-0.25, -0.2) is 9.59 Å². The SMILES string of the molecule is Nc1ccn([C@H]2O[C@@H](CO[P+](=O)O)[C@H](O[P+](=O)OCC3O[C@H](n4ccc(N)nc4=O)[C@@H](O)[C@H]3O[P+](=O)O)[C@@H]2O)c(=O)n1. The van der Waals surface area contributed by atoms with Crippen LogP contribution in [0.5, 0.6) is 0 Å². The van der Waals surface area contributed by atoms with Crippen molar-refractivity contribution in [3.8, 4) is 0 Å². The third-order valence-corrected chi connectivity index (χ3v) is 7.55. The highest BCUT2D eigenvalue weighted by molar-refractivity contribution is 7.33. The van der Waals surface area contributed by atoms with Crippen LogP contribution in [0.15, 0.2) is 34.1 Å². The van der Waals surface area contributed by atoms with Crippen molar-refractivity contribution in [3.05, 3.63) is 45.5 Å². The lowest BCUT2D eigenvalue weighted by Gasteiger charge is -2.16. The third kappa shape index (κ3) is 7.42. The minimum absolute atomic E-state index is 0.114. The van der Waals surface area contributed by atoms with Gasteiger partial charge in [0.1, 0.15) is 49.3 Å². The number of anilines is 2. The predicted molar refractivity (Wildman–Crippen MR) is 135 cm³/mol. The van der Waals surface area contributed by atoms with Crippen LogP contribution >= 0.6 is 24.8 Å². The van der Waals surface area contributed by atoms with E-state index in [1.807, 2.05) is 0 Å². The van der Waals surface area contributed by atoms with Crippen molar-refractivity contribution in [2.24, 2.45) is 0 Å². The number of hydrogen-bond donors (Lipinski definition) is 6. The molecular weight excluding hydrogens is 633 g/mol. The molecule has 0 bridgehead atoms. The Kier molecular flexibility index (Phi) is 10.5. The van der Waals surface area contributed by atoms with E-state index in [1.165, 1.54) is 12.1 Å². The van der Waals surface area contributed by atoms with E-state index in [0.717, 1.165) is 21.5 Å². The van der Waals surface area contributed by atoms with Gasteiger partial charge in [0.2, 0.25) is 0 Å². The summed E-state index contributed by atoms with van der Waals surface area (Å²) in [5, 5.41) is 21.5. The number of aromatic nitrogens is 4. The molecule has 2 fully saturated rings. The fraction of sp³-hybridized carbons (Fsp3) is 0.556. The maximum absolute atomic E-state index is 12.7. The van der Waals surface area contributed by atoms with Gasteiger partial charge in [-0.05, 0) is 12.1 Å². The molecule has 21 nitrogen and oxygen atoms in total. The van der Waals surface area contributed by atoms with Crippen molar-refractivity contribution in [1.82, 2.24) is 19.1 Å². The number of nitrogens with two attached hydrogens (primary N) is 2. The van der Waals surface area contributed by atoms with Crippen LogP contribution in [0.25, 0.3) is 0 Å². The summed E-state index contributed by atoms with van der Waals surface area (Å²) in [6.07, 6.45) is -9.90. The molecule has 2 aromatic heterocycles. The van der Waals surface area contributed by atoms with Gasteiger partial charge in [0, 0.05) is 26.1 Å². The summed E-state index contributed by atoms with van der Waals surface area (Å²) in [4.78, 5) is 49.7. The van der Waals surface area contributed by atoms with Crippen molar-refractivity contribution >= 4 is 36.4 Å². The van der Waals surface area contributed by atoms with Crippen LogP contribution in [0.1, 0.15) is 12.5 Å². The minimum atomic E-state index is -3.28. The van der Waals surface area contributed by atoms with E-state index in [0.29, 0.717) is 0 Å². The second-order valence-electron chi connectivity index (χ2n) is 8.63. The molecule has 11 atom stereocenters. The molecule has 0 amide bonds. The summed E-state index contributed by atoms with van der Waals surface area (Å²) in [6.45, 7) is -1.35. The molecule has 228 valence electrons. The predicted octanol–water partition coefficient (Wildman–Crippen LogP) is -2.06. The highest BCUT2D eigenvalue weighted by Crippen LogP contribution is 2.40. The van der Waals surface area contributed by atoms with Gasteiger partial charge in [-0.2, -0.15) is 9.97 Å². The average molecular weight is 657 g/mol. The quantitative estimate of drug-likeness (QED) is 0.134. The molecule has 42 heavy (non-hydrogen) atoms.